The molecule has 3 heteroatoms. The second-order valence-corrected chi connectivity index (χ2v) is 6.07. The zero-order valence-electron chi connectivity index (χ0n) is 14.9. The summed E-state index contributed by atoms with van der Waals surface area (Å²) in [6.07, 6.45) is 0. The smallest absolute Gasteiger partial charge is 0.189 e. The van der Waals surface area contributed by atoms with E-state index in [1.54, 1.807) is 0 Å². The van der Waals surface area contributed by atoms with Crippen molar-refractivity contribution in [3.8, 4) is 5.75 Å². The van der Waals surface area contributed by atoms with Gasteiger partial charge in [-0.05, 0) is 47.9 Å². The first-order chi connectivity index (χ1) is 12.3. The van der Waals surface area contributed by atoms with Crippen molar-refractivity contribution in [1.29, 1.82) is 0 Å². The van der Waals surface area contributed by atoms with Crippen LogP contribution in [0.15, 0.2) is 66.7 Å². The standard InChI is InChI=1S/C22H25NO2/c1-3-24-16-25-20-13-11-18(12-14-20)15-23-17(2)21-10-6-8-19-7-4-5-9-22(19)21/h4-14,17,23H,3,15-16H2,1-2H3/t17-/m0/s1. The molecule has 0 bridgehead atoms. The van der Waals surface area contributed by atoms with Crippen LogP contribution in [0, 0.1) is 0 Å². The van der Waals surface area contributed by atoms with Crippen LogP contribution in [0.2, 0.25) is 0 Å². The molecule has 25 heavy (non-hydrogen) atoms. The van der Waals surface area contributed by atoms with E-state index in [0.717, 1.165) is 12.3 Å². The molecule has 0 aromatic heterocycles. The Morgan fingerprint density at radius 1 is 0.920 bits per heavy atom. The van der Waals surface area contributed by atoms with E-state index in [-0.39, 0.29) is 6.04 Å². The summed E-state index contributed by atoms with van der Waals surface area (Å²) < 4.78 is 10.7. The molecular formula is C22H25NO2. The zero-order valence-corrected chi connectivity index (χ0v) is 14.9. The topological polar surface area (TPSA) is 30.5 Å². The number of benzene rings is 3. The van der Waals surface area contributed by atoms with E-state index in [2.05, 4.69) is 66.8 Å². The predicted octanol–water partition coefficient (Wildman–Crippen LogP) is 5.06. The predicted molar refractivity (Wildman–Crippen MR) is 103 cm³/mol. The summed E-state index contributed by atoms with van der Waals surface area (Å²) in [5.74, 6) is 0.833. The van der Waals surface area contributed by atoms with Crippen molar-refractivity contribution in [2.45, 2.75) is 26.4 Å². The van der Waals surface area contributed by atoms with Gasteiger partial charge in [-0.2, -0.15) is 0 Å². The van der Waals surface area contributed by atoms with E-state index in [4.69, 9.17) is 9.47 Å². The molecule has 0 aliphatic carbocycles. The lowest BCUT2D eigenvalue weighted by Crippen LogP contribution is -2.18. The highest BCUT2D eigenvalue weighted by molar-refractivity contribution is 5.86. The quantitative estimate of drug-likeness (QED) is 0.461. The molecular weight excluding hydrogens is 310 g/mol. The van der Waals surface area contributed by atoms with E-state index >= 15 is 0 Å². The molecule has 0 aliphatic rings. The van der Waals surface area contributed by atoms with E-state index < -0.39 is 0 Å². The maximum atomic E-state index is 5.50. The lowest BCUT2D eigenvalue weighted by molar-refractivity contribution is 0.0224. The van der Waals surface area contributed by atoms with Crippen molar-refractivity contribution in [3.05, 3.63) is 77.9 Å². The molecule has 0 amide bonds. The summed E-state index contributed by atoms with van der Waals surface area (Å²) in [6, 6.07) is 23.4. The van der Waals surface area contributed by atoms with Crippen LogP contribution in [0.1, 0.15) is 31.0 Å². The fourth-order valence-electron chi connectivity index (χ4n) is 2.91. The number of hydrogen-bond acceptors (Lipinski definition) is 3. The monoisotopic (exact) mass is 335 g/mol. The van der Waals surface area contributed by atoms with Gasteiger partial charge in [0.15, 0.2) is 6.79 Å². The minimum atomic E-state index is 0.278. The molecule has 0 aliphatic heterocycles. The minimum Gasteiger partial charge on any atom is -0.468 e. The number of fused-ring (bicyclic) bond motifs is 1. The van der Waals surface area contributed by atoms with Gasteiger partial charge in [-0.15, -0.1) is 0 Å². The minimum absolute atomic E-state index is 0.278. The van der Waals surface area contributed by atoms with Crippen molar-refractivity contribution in [3.63, 3.8) is 0 Å². The summed E-state index contributed by atoms with van der Waals surface area (Å²) in [6.45, 7) is 5.94. The van der Waals surface area contributed by atoms with Gasteiger partial charge in [0, 0.05) is 19.2 Å². The normalized spacial score (nSPS) is 12.2. The lowest BCUT2D eigenvalue weighted by atomic mass is 9.99. The van der Waals surface area contributed by atoms with Crippen molar-refractivity contribution in [2.75, 3.05) is 13.4 Å². The number of ether oxygens (including phenoxy) is 2. The Balaban J connectivity index is 1.61. The highest BCUT2D eigenvalue weighted by Gasteiger charge is 2.08. The average molecular weight is 335 g/mol. The second kappa shape index (κ2) is 8.65. The maximum absolute atomic E-state index is 5.50. The Bertz CT molecular complexity index is 793. The SMILES string of the molecule is CCOCOc1ccc(CN[C@@H](C)c2cccc3ccccc23)cc1. The van der Waals surface area contributed by atoms with Crippen LogP contribution in [0.25, 0.3) is 10.8 Å². The molecule has 3 aromatic rings. The Morgan fingerprint density at radius 3 is 2.48 bits per heavy atom. The Hall–Kier alpha value is -2.36. The third-order valence-electron chi connectivity index (χ3n) is 4.34. The van der Waals surface area contributed by atoms with Crippen LogP contribution in [-0.2, 0) is 11.3 Å². The van der Waals surface area contributed by atoms with Gasteiger partial charge in [-0.3, -0.25) is 0 Å². The largest absolute Gasteiger partial charge is 0.468 e. The zero-order chi connectivity index (χ0) is 17.5. The van der Waals surface area contributed by atoms with Gasteiger partial charge in [0.1, 0.15) is 5.75 Å². The van der Waals surface area contributed by atoms with Crippen LogP contribution in [0.4, 0.5) is 0 Å². The Kier molecular flexibility index (Phi) is 6.04. The molecule has 1 atom stereocenters. The molecule has 3 rings (SSSR count). The summed E-state index contributed by atoms with van der Waals surface area (Å²) in [7, 11) is 0. The third-order valence-corrected chi connectivity index (χ3v) is 4.34. The van der Waals surface area contributed by atoms with Gasteiger partial charge in [0.05, 0.1) is 0 Å². The number of nitrogens with one attached hydrogen (secondary N) is 1. The molecule has 3 aromatic carbocycles. The maximum Gasteiger partial charge on any atom is 0.189 e. The van der Waals surface area contributed by atoms with Crippen LogP contribution < -0.4 is 10.1 Å². The van der Waals surface area contributed by atoms with E-state index in [1.807, 2.05) is 19.1 Å². The Morgan fingerprint density at radius 2 is 1.68 bits per heavy atom. The molecule has 3 nitrogen and oxygen atoms in total. The highest BCUT2D eigenvalue weighted by atomic mass is 16.7. The molecule has 130 valence electrons. The molecule has 0 radical (unpaired) electrons. The van der Waals surface area contributed by atoms with E-state index in [9.17, 15) is 0 Å². The van der Waals surface area contributed by atoms with Gasteiger partial charge in [0.25, 0.3) is 0 Å². The van der Waals surface area contributed by atoms with Crippen molar-refractivity contribution in [2.24, 2.45) is 0 Å². The first-order valence-corrected chi connectivity index (χ1v) is 8.78. The first kappa shape index (κ1) is 17.5. The van der Waals surface area contributed by atoms with E-state index in [1.165, 1.54) is 21.9 Å². The summed E-state index contributed by atoms with van der Waals surface area (Å²) >= 11 is 0. The Labute approximate surface area is 149 Å². The van der Waals surface area contributed by atoms with Gasteiger partial charge in [0.2, 0.25) is 0 Å². The van der Waals surface area contributed by atoms with Gasteiger partial charge < -0.3 is 14.8 Å². The molecule has 0 heterocycles. The molecule has 0 unspecified atom stereocenters. The lowest BCUT2D eigenvalue weighted by Gasteiger charge is -2.17. The molecule has 0 saturated carbocycles. The van der Waals surface area contributed by atoms with Gasteiger partial charge in [-0.25, -0.2) is 0 Å². The second-order valence-electron chi connectivity index (χ2n) is 6.07. The van der Waals surface area contributed by atoms with Crippen molar-refractivity contribution < 1.29 is 9.47 Å². The fraction of sp³-hybridized carbons (Fsp3) is 0.273. The highest BCUT2D eigenvalue weighted by Crippen LogP contribution is 2.24. The van der Waals surface area contributed by atoms with Crippen molar-refractivity contribution >= 4 is 10.8 Å². The van der Waals surface area contributed by atoms with Gasteiger partial charge >= 0.3 is 0 Å². The van der Waals surface area contributed by atoms with Crippen LogP contribution in [-0.4, -0.2) is 13.4 Å². The average Bonchev–Trinajstić information content (AvgIpc) is 2.67. The summed E-state index contributed by atoms with van der Waals surface area (Å²) in [5.41, 5.74) is 2.56. The van der Waals surface area contributed by atoms with Crippen LogP contribution in [0.5, 0.6) is 5.75 Å². The number of hydrogen-bond donors (Lipinski definition) is 1. The first-order valence-electron chi connectivity index (χ1n) is 8.78. The summed E-state index contributed by atoms with van der Waals surface area (Å²) in [5, 5.41) is 6.21. The van der Waals surface area contributed by atoms with Crippen LogP contribution >= 0.6 is 0 Å². The molecule has 0 fully saturated rings. The summed E-state index contributed by atoms with van der Waals surface area (Å²) in [4.78, 5) is 0. The molecule has 0 saturated heterocycles. The molecule has 1 N–H and O–H groups in total. The van der Waals surface area contributed by atoms with E-state index in [0.29, 0.717) is 13.4 Å². The number of rotatable bonds is 8. The van der Waals surface area contributed by atoms with Crippen molar-refractivity contribution in [1.82, 2.24) is 5.32 Å². The third kappa shape index (κ3) is 4.59. The fourth-order valence-corrected chi connectivity index (χ4v) is 2.91. The van der Waals surface area contributed by atoms with Gasteiger partial charge in [-0.1, -0.05) is 54.6 Å². The molecule has 0 spiro atoms. The van der Waals surface area contributed by atoms with Crippen LogP contribution in [0.3, 0.4) is 0 Å².